The Morgan fingerprint density at radius 2 is 1.91 bits per heavy atom. The van der Waals surface area contributed by atoms with Crippen molar-refractivity contribution >= 4 is 34.1 Å². The first kappa shape index (κ1) is 14.4. The fraction of sp³-hybridized carbons (Fsp3) is 0.0588. The summed E-state index contributed by atoms with van der Waals surface area (Å²) in [6.45, 7) is -0.0950. The summed E-state index contributed by atoms with van der Waals surface area (Å²) in [6.07, 6.45) is 1.66. The summed E-state index contributed by atoms with van der Waals surface area (Å²) in [6, 6.07) is 16.3. The summed E-state index contributed by atoms with van der Waals surface area (Å²) in [4.78, 5) is 16.2. The van der Waals surface area contributed by atoms with E-state index >= 15 is 0 Å². The van der Waals surface area contributed by atoms with Gasteiger partial charge >= 0.3 is 0 Å². The van der Waals surface area contributed by atoms with E-state index in [1.807, 2.05) is 36.4 Å². The lowest BCUT2D eigenvalue weighted by Crippen LogP contribution is -2.20. The summed E-state index contributed by atoms with van der Waals surface area (Å²) in [7, 11) is 0. The van der Waals surface area contributed by atoms with Gasteiger partial charge in [-0.3, -0.25) is 9.78 Å². The Labute approximate surface area is 132 Å². The van der Waals surface area contributed by atoms with Crippen molar-refractivity contribution in [2.24, 2.45) is 0 Å². The minimum absolute atomic E-state index is 0.0950. The molecule has 0 fully saturated rings. The van der Waals surface area contributed by atoms with Gasteiger partial charge in [-0.1, -0.05) is 29.8 Å². The number of pyridine rings is 1. The molecule has 0 aliphatic rings. The Bertz CT molecular complexity index is 806. The van der Waals surface area contributed by atoms with Crippen LogP contribution in [0.3, 0.4) is 0 Å². The number of amides is 1. The Hall–Kier alpha value is -2.59. The molecule has 22 heavy (non-hydrogen) atoms. The largest absolute Gasteiger partial charge is 0.481 e. The number of rotatable bonds is 4. The molecule has 0 bridgehead atoms. The third kappa shape index (κ3) is 3.18. The van der Waals surface area contributed by atoms with Gasteiger partial charge in [0.1, 0.15) is 11.3 Å². The smallest absolute Gasteiger partial charge is 0.262 e. The Morgan fingerprint density at radius 3 is 2.73 bits per heavy atom. The van der Waals surface area contributed by atoms with E-state index in [1.165, 1.54) is 0 Å². The van der Waals surface area contributed by atoms with E-state index in [-0.39, 0.29) is 12.5 Å². The molecule has 0 aliphatic carbocycles. The molecule has 2 aromatic carbocycles. The van der Waals surface area contributed by atoms with E-state index in [0.29, 0.717) is 16.3 Å². The number of ether oxygens (including phenoxy) is 1. The summed E-state index contributed by atoms with van der Waals surface area (Å²) in [5, 5.41) is 4.16. The van der Waals surface area contributed by atoms with Crippen LogP contribution in [0.4, 0.5) is 5.69 Å². The predicted octanol–water partition coefficient (Wildman–Crippen LogP) is 3.91. The molecule has 0 spiro atoms. The van der Waals surface area contributed by atoms with Crippen molar-refractivity contribution in [1.29, 1.82) is 0 Å². The highest BCUT2D eigenvalue weighted by molar-refractivity contribution is 6.35. The quantitative estimate of drug-likeness (QED) is 0.794. The molecule has 0 saturated heterocycles. The minimum Gasteiger partial charge on any atom is -0.481 e. The van der Waals surface area contributed by atoms with E-state index in [2.05, 4.69) is 10.3 Å². The van der Waals surface area contributed by atoms with Crippen molar-refractivity contribution < 1.29 is 9.53 Å². The van der Waals surface area contributed by atoms with Crippen LogP contribution in [0.5, 0.6) is 5.75 Å². The van der Waals surface area contributed by atoms with E-state index in [1.54, 1.807) is 24.4 Å². The average Bonchev–Trinajstić information content (AvgIpc) is 2.55. The predicted molar refractivity (Wildman–Crippen MR) is 87.3 cm³/mol. The third-order valence-corrected chi connectivity index (χ3v) is 3.43. The SMILES string of the molecule is O=C(COc1ccc(Cl)c2cccnc12)Nc1ccccc1. The van der Waals surface area contributed by atoms with E-state index in [4.69, 9.17) is 16.3 Å². The number of hydrogen-bond donors (Lipinski definition) is 1. The van der Waals surface area contributed by atoms with Crippen LogP contribution in [0.15, 0.2) is 60.8 Å². The van der Waals surface area contributed by atoms with Crippen LogP contribution < -0.4 is 10.1 Å². The highest BCUT2D eigenvalue weighted by Crippen LogP contribution is 2.29. The Balaban J connectivity index is 1.72. The molecule has 1 heterocycles. The van der Waals surface area contributed by atoms with Crippen LogP contribution in [0, 0.1) is 0 Å². The van der Waals surface area contributed by atoms with Gasteiger partial charge in [0.25, 0.3) is 5.91 Å². The highest BCUT2D eigenvalue weighted by Gasteiger charge is 2.09. The van der Waals surface area contributed by atoms with Crippen molar-refractivity contribution in [3.63, 3.8) is 0 Å². The number of nitrogens with zero attached hydrogens (tertiary/aromatic N) is 1. The number of hydrogen-bond acceptors (Lipinski definition) is 3. The van der Waals surface area contributed by atoms with Crippen molar-refractivity contribution in [2.45, 2.75) is 0 Å². The molecule has 0 atom stereocenters. The lowest BCUT2D eigenvalue weighted by atomic mass is 10.2. The van der Waals surface area contributed by atoms with Crippen molar-refractivity contribution in [2.75, 3.05) is 11.9 Å². The summed E-state index contributed by atoms with van der Waals surface area (Å²) in [5.41, 5.74) is 1.37. The van der Waals surface area contributed by atoms with Crippen molar-refractivity contribution in [3.05, 3.63) is 65.8 Å². The molecule has 4 nitrogen and oxygen atoms in total. The van der Waals surface area contributed by atoms with Crippen LogP contribution in [-0.2, 0) is 4.79 Å². The molecular formula is C17H13ClN2O2. The van der Waals surface area contributed by atoms with Gasteiger partial charge in [-0.2, -0.15) is 0 Å². The molecule has 3 rings (SSSR count). The summed E-state index contributed by atoms with van der Waals surface area (Å²) >= 11 is 6.12. The van der Waals surface area contributed by atoms with E-state index < -0.39 is 0 Å². The molecular weight excluding hydrogens is 300 g/mol. The molecule has 3 aromatic rings. The zero-order chi connectivity index (χ0) is 15.4. The average molecular weight is 313 g/mol. The second kappa shape index (κ2) is 6.45. The number of halogens is 1. The fourth-order valence-corrected chi connectivity index (χ4v) is 2.31. The summed E-state index contributed by atoms with van der Waals surface area (Å²) in [5.74, 6) is 0.299. The van der Waals surface area contributed by atoms with Crippen molar-refractivity contribution in [1.82, 2.24) is 4.98 Å². The molecule has 0 saturated carbocycles. The van der Waals surface area contributed by atoms with Crippen LogP contribution >= 0.6 is 11.6 Å². The molecule has 5 heteroatoms. The number of aromatic nitrogens is 1. The third-order valence-electron chi connectivity index (χ3n) is 3.10. The first-order chi connectivity index (χ1) is 10.7. The number of benzene rings is 2. The number of nitrogens with one attached hydrogen (secondary N) is 1. The topological polar surface area (TPSA) is 51.2 Å². The lowest BCUT2D eigenvalue weighted by molar-refractivity contribution is -0.118. The van der Waals surface area contributed by atoms with Gasteiger partial charge in [-0.15, -0.1) is 0 Å². The standard InChI is InChI=1S/C17H13ClN2O2/c18-14-8-9-15(17-13(14)7-4-10-19-17)22-11-16(21)20-12-5-2-1-3-6-12/h1-10H,11H2,(H,20,21). The monoisotopic (exact) mass is 312 g/mol. The lowest BCUT2D eigenvalue weighted by Gasteiger charge is -2.10. The Morgan fingerprint density at radius 1 is 1.09 bits per heavy atom. The van der Waals surface area contributed by atoms with Gasteiger partial charge in [0.15, 0.2) is 6.61 Å². The second-order valence-corrected chi connectivity index (χ2v) is 5.06. The van der Waals surface area contributed by atoms with Gasteiger partial charge in [0.2, 0.25) is 0 Å². The first-order valence-electron chi connectivity index (χ1n) is 6.75. The number of anilines is 1. The van der Waals surface area contributed by atoms with Crippen LogP contribution in [0.1, 0.15) is 0 Å². The van der Waals surface area contributed by atoms with Gasteiger partial charge in [0.05, 0.1) is 5.02 Å². The molecule has 0 unspecified atom stereocenters. The fourth-order valence-electron chi connectivity index (χ4n) is 2.09. The second-order valence-electron chi connectivity index (χ2n) is 4.65. The summed E-state index contributed by atoms with van der Waals surface area (Å²) < 4.78 is 5.58. The van der Waals surface area contributed by atoms with Gasteiger partial charge in [-0.05, 0) is 36.4 Å². The van der Waals surface area contributed by atoms with E-state index in [0.717, 1.165) is 11.1 Å². The Kier molecular flexibility index (Phi) is 4.21. The number of carbonyl (C=O) groups excluding carboxylic acids is 1. The number of para-hydroxylation sites is 1. The van der Waals surface area contributed by atoms with Crippen molar-refractivity contribution in [3.8, 4) is 5.75 Å². The molecule has 1 N–H and O–H groups in total. The number of carbonyl (C=O) groups is 1. The van der Waals surface area contributed by atoms with Gasteiger partial charge in [0, 0.05) is 17.3 Å². The molecule has 110 valence electrons. The maximum atomic E-state index is 11.9. The zero-order valence-electron chi connectivity index (χ0n) is 11.6. The highest BCUT2D eigenvalue weighted by atomic mass is 35.5. The maximum absolute atomic E-state index is 11.9. The molecule has 1 aromatic heterocycles. The molecule has 0 aliphatic heterocycles. The van der Waals surface area contributed by atoms with Crippen LogP contribution in [-0.4, -0.2) is 17.5 Å². The minimum atomic E-state index is -0.231. The van der Waals surface area contributed by atoms with Crippen LogP contribution in [0.25, 0.3) is 10.9 Å². The van der Waals surface area contributed by atoms with E-state index in [9.17, 15) is 4.79 Å². The molecule has 1 amide bonds. The maximum Gasteiger partial charge on any atom is 0.262 e. The van der Waals surface area contributed by atoms with Gasteiger partial charge < -0.3 is 10.1 Å². The molecule has 0 radical (unpaired) electrons. The van der Waals surface area contributed by atoms with Gasteiger partial charge in [-0.25, -0.2) is 0 Å². The number of fused-ring (bicyclic) bond motifs is 1. The normalized spacial score (nSPS) is 10.4. The first-order valence-corrected chi connectivity index (χ1v) is 7.13. The zero-order valence-corrected chi connectivity index (χ0v) is 12.4. The van der Waals surface area contributed by atoms with Crippen LogP contribution in [0.2, 0.25) is 5.02 Å².